The van der Waals surface area contributed by atoms with Crippen molar-refractivity contribution in [3.8, 4) is 0 Å². The first-order valence-corrected chi connectivity index (χ1v) is 6.63. The van der Waals surface area contributed by atoms with Crippen molar-refractivity contribution < 1.29 is 9.53 Å². The van der Waals surface area contributed by atoms with Gasteiger partial charge in [0.05, 0.1) is 12.8 Å². The Labute approximate surface area is 94.4 Å². The van der Waals surface area contributed by atoms with Crippen molar-refractivity contribution in [3.05, 3.63) is 30.3 Å². The molecular formula is C11H15BO2P. The van der Waals surface area contributed by atoms with E-state index in [-0.39, 0.29) is 14.4 Å². The molecule has 79 valence electrons. The quantitative estimate of drug-likeness (QED) is 0.438. The Morgan fingerprint density at radius 3 is 2.47 bits per heavy atom. The van der Waals surface area contributed by atoms with Crippen molar-refractivity contribution in [1.82, 2.24) is 0 Å². The highest BCUT2D eigenvalue weighted by Crippen LogP contribution is 2.28. The molecule has 0 aliphatic carbocycles. The lowest BCUT2D eigenvalue weighted by atomic mass is 10.4. The van der Waals surface area contributed by atoms with Crippen molar-refractivity contribution in [1.29, 1.82) is 0 Å². The molecule has 0 aliphatic heterocycles. The highest BCUT2D eigenvalue weighted by Gasteiger charge is 2.10. The lowest BCUT2D eigenvalue weighted by Gasteiger charge is -2.10. The summed E-state index contributed by atoms with van der Waals surface area (Å²) in [6.07, 6.45) is 0.521. The predicted octanol–water partition coefficient (Wildman–Crippen LogP) is 1.61. The van der Waals surface area contributed by atoms with Gasteiger partial charge in [-0.15, -0.1) is 0 Å². The van der Waals surface area contributed by atoms with Gasteiger partial charge in [0.25, 0.3) is 0 Å². The molecule has 1 atom stereocenters. The number of rotatable bonds is 4. The van der Waals surface area contributed by atoms with Crippen LogP contribution in [0, 0.1) is 0 Å². The second-order valence-electron chi connectivity index (χ2n) is 3.00. The molecule has 0 heterocycles. The minimum absolute atomic E-state index is 0. The molecule has 0 fully saturated rings. The number of carbonyl (C=O) groups is 1. The maximum Gasteiger partial charge on any atom is 0.310 e. The maximum absolute atomic E-state index is 11.2. The second-order valence-corrected chi connectivity index (χ2v) is 5.23. The number of benzene rings is 1. The fraction of sp³-hybridized carbons (Fsp3) is 0.364. The Hall–Kier alpha value is -0.815. The fourth-order valence-corrected chi connectivity index (χ4v) is 2.52. The van der Waals surface area contributed by atoms with E-state index >= 15 is 0 Å². The Bertz CT molecular complexity index is 290. The third kappa shape index (κ3) is 4.99. The zero-order chi connectivity index (χ0) is 10.4. The molecule has 0 N–H and O–H groups in total. The lowest BCUT2D eigenvalue weighted by Crippen LogP contribution is -2.12. The number of hydrogen-bond donors (Lipinski definition) is 0. The zero-order valence-corrected chi connectivity index (χ0v) is 10.0. The van der Waals surface area contributed by atoms with Crippen LogP contribution in [0.2, 0.25) is 0 Å². The molecule has 1 aromatic rings. The van der Waals surface area contributed by atoms with Gasteiger partial charge in [0.1, 0.15) is 0 Å². The molecule has 0 saturated carbocycles. The summed E-state index contributed by atoms with van der Waals surface area (Å²) in [5, 5.41) is 1.25. The van der Waals surface area contributed by atoms with Crippen LogP contribution >= 0.6 is 7.92 Å². The van der Waals surface area contributed by atoms with Gasteiger partial charge in [-0.2, -0.15) is 0 Å². The minimum atomic E-state index is -0.401. The number of ether oxygens (including phenoxy) is 1. The summed E-state index contributed by atoms with van der Waals surface area (Å²) >= 11 is 0. The summed E-state index contributed by atoms with van der Waals surface area (Å²) in [6.45, 7) is 4.40. The Kier molecular flexibility index (Phi) is 7.07. The fourth-order valence-electron chi connectivity index (χ4n) is 1.17. The largest absolute Gasteiger partial charge is 0.466 e. The van der Waals surface area contributed by atoms with Crippen LogP contribution in [0.25, 0.3) is 0 Å². The van der Waals surface area contributed by atoms with Gasteiger partial charge in [-0.05, 0) is 18.9 Å². The third-order valence-corrected chi connectivity index (χ3v) is 3.78. The smallest absolute Gasteiger partial charge is 0.310 e. The molecule has 2 nitrogen and oxygen atoms in total. The summed E-state index contributed by atoms with van der Waals surface area (Å²) in [7, 11) is -0.401. The van der Waals surface area contributed by atoms with Crippen LogP contribution in [0.1, 0.15) is 6.92 Å². The SMILES string of the molecule is CCOC(=O)C[P@@](C)c1ccccc1.[B]. The van der Waals surface area contributed by atoms with E-state index in [9.17, 15) is 4.79 Å². The van der Waals surface area contributed by atoms with Crippen LogP contribution < -0.4 is 5.30 Å². The molecule has 0 unspecified atom stereocenters. The third-order valence-electron chi connectivity index (χ3n) is 1.87. The summed E-state index contributed by atoms with van der Waals surface area (Å²) < 4.78 is 4.91. The molecule has 0 spiro atoms. The average Bonchev–Trinajstić information content (AvgIpc) is 2.19. The zero-order valence-electron chi connectivity index (χ0n) is 9.14. The van der Waals surface area contributed by atoms with Gasteiger partial charge >= 0.3 is 5.97 Å². The molecule has 1 aromatic carbocycles. The van der Waals surface area contributed by atoms with Crippen molar-refractivity contribution in [3.63, 3.8) is 0 Å². The molecule has 1 rings (SSSR count). The Morgan fingerprint density at radius 2 is 1.93 bits per heavy atom. The topological polar surface area (TPSA) is 26.3 Å². The van der Waals surface area contributed by atoms with E-state index in [4.69, 9.17) is 4.74 Å². The summed E-state index contributed by atoms with van der Waals surface area (Å²) in [6, 6.07) is 10.1. The molecule has 0 amide bonds. The van der Waals surface area contributed by atoms with Crippen LogP contribution in [0.3, 0.4) is 0 Å². The van der Waals surface area contributed by atoms with Crippen molar-refractivity contribution in [2.24, 2.45) is 0 Å². The van der Waals surface area contributed by atoms with Crippen molar-refractivity contribution in [2.75, 3.05) is 19.4 Å². The van der Waals surface area contributed by atoms with Gasteiger partial charge in [0.2, 0.25) is 0 Å². The average molecular weight is 221 g/mol. The maximum atomic E-state index is 11.2. The summed E-state index contributed by atoms with van der Waals surface area (Å²) in [4.78, 5) is 11.2. The van der Waals surface area contributed by atoms with Crippen LogP contribution in [0.15, 0.2) is 30.3 Å². The van der Waals surface area contributed by atoms with Gasteiger partial charge in [0.15, 0.2) is 0 Å². The van der Waals surface area contributed by atoms with Gasteiger partial charge in [-0.25, -0.2) is 0 Å². The standard InChI is InChI=1S/C11H15O2P.B/c1-3-13-11(12)9-14(2)10-7-5-4-6-8-10;/h4-8H,3,9H2,1-2H3;/t14-;/m1./s1. The number of esters is 1. The van der Waals surface area contributed by atoms with Gasteiger partial charge in [-0.1, -0.05) is 38.3 Å². The van der Waals surface area contributed by atoms with E-state index in [1.54, 1.807) is 0 Å². The van der Waals surface area contributed by atoms with E-state index in [1.165, 1.54) is 5.30 Å². The first kappa shape index (κ1) is 14.2. The Balaban J connectivity index is 0.00000196. The minimum Gasteiger partial charge on any atom is -0.466 e. The molecule has 3 radical (unpaired) electrons. The predicted molar refractivity (Wildman–Crippen MR) is 66.2 cm³/mol. The number of carbonyl (C=O) groups excluding carboxylic acids is 1. The molecular weight excluding hydrogens is 206 g/mol. The van der Waals surface area contributed by atoms with Gasteiger partial charge in [-0.3, -0.25) is 4.79 Å². The monoisotopic (exact) mass is 221 g/mol. The van der Waals surface area contributed by atoms with Crippen molar-refractivity contribution in [2.45, 2.75) is 6.92 Å². The lowest BCUT2D eigenvalue weighted by molar-refractivity contribution is -0.139. The molecule has 0 bridgehead atoms. The molecule has 0 aromatic heterocycles. The highest BCUT2D eigenvalue weighted by atomic mass is 31.1. The molecule has 0 aliphatic rings. The van der Waals surface area contributed by atoms with Crippen LogP contribution in [0.5, 0.6) is 0 Å². The molecule has 0 saturated heterocycles. The molecule has 4 heteroatoms. The molecule has 15 heavy (non-hydrogen) atoms. The van der Waals surface area contributed by atoms with Crippen molar-refractivity contribution >= 4 is 27.6 Å². The van der Waals surface area contributed by atoms with E-state index < -0.39 is 7.92 Å². The van der Waals surface area contributed by atoms with E-state index in [0.717, 1.165) is 0 Å². The highest BCUT2D eigenvalue weighted by molar-refractivity contribution is 7.65. The van der Waals surface area contributed by atoms with Crippen LogP contribution in [-0.2, 0) is 9.53 Å². The van der Waals surface area contributed by atoms with E-state index in [1.807, 2.05) is 25.1 Å². The normalized spacial score (nSPS) is 11.3. The second kappa shape index (κ2) is 7.47. The van der Waals surface area contributed by atoms with E-state index in [0.29, 0.717) is 12.8 Å². The van der Waals surface area contributed by atoms with Gasteiger partial charge < -0.3 is 4.74 Å². The van der Waals surface area contributed by atoms with Crippen LogP contribution in [-0.4, -0.2) is 33.8 Å². The Morgan fingerprint density at radius 1 is 1.33 bits per heavy atom. The van der Waals surface area contributed by atoms with Crippen LogP contribution in [0.4, 0.5) is 0 Å². The van der Waals surface area contributed by atoms with E-state index in [2.05, 4.69) is 18.8 Å². The summed E-state index contributed by atoms with van der Waals surface area (Å²) in [5.41, 5.74) is 0. The summed E-state index contributed by atoms with van der Waals surface area (Å²) in [5.74, 6) is -0.0926. The first-order chi connectivity index (χ1) is 6.74. The van der Waals surface area contributed by atoms with Gasteiger partial charge in [0, 0.05) is 8.41 Å². The first-order valence-electron chi connectivity index (χ1n) is 4.66. The number of hydrogen-bond acceptors (Lipinski definition) is 2.